The largest absolute Gasteiger partial charge is 0.337 e. The van der Waals surface area contributed by atoms with E-state index in [2.05, 4.69) is 10.3 Å². The Bertz CT molecular complexity index is 345. The number of likely N-dealkylation sites (tertiary alicyclic amines) is 1. The topological polar surface area (TPSA) is 45.2 Å². The fourth-order valence-corrected chi connectivity index (χ4v) is 2.78. The second-order valence-electron chi connectivity index (χ2n) is 4.50. The van der Waals surface area contributed by atoms with Gasteiger partial charge in [-0.3, -0.25) is 4.79 Å². The van der Waals surface area contributed by atoms with Gasteiger partial charge in [-0.1, -0.05) is 0 Å². The molecule has 0 radical (unpaired) electrons. The molecule has 1 amide bonds. The molecule has 1 fully saturated rings. The molecule has 2 rings (SSSR count). The molecule has 94 valence electrons. The highest BCUT2D eigenvalue weighted by atomic mass is 32.1. The first-order chi connectivity index (χ1) is 8.31. The normalized spacial score (nSPS) is 17.4. The smallest absolute Gasteiger partial charge is 0.273 e. The van der Waals surface area contributed by atoms with Crippen LogP contribution < -0.4 is 5.32 Å². The van der Waals surface area contributed by atoms with Gasteiger partial charge in [0, 0.05) is 18.5 Å². The van der Waals surface area contributed by atoms with Crippen LogP contribution in [0.2, 0.25) is 0 Å². The maximum absolute atomic E-state index is 12.0. The molecule has 1 aromatic rings. The minimum absolute atomic E-state index is 0.0957. The average Bonchev–Trinajstić information content (AvgIpc) is 2.90. The molecule has 0 atom stereocenters. The second-order valence-corrected chi connectivity index (χ2v) is 5.22. The van der Waals surface area contributed by atoms with Crippen LogP contribution in [-0.2, 0) is 0 Å². The van der Waals surface area contributed by atoms with Crippen molar-refractivity contribution in [2.75, 3.05) is 26.7 Å². The van der Waals surface area contributed by atoms with E-state index in [-0.39, 0.29) is 5.91 Å². The van der Waals surface area contributed by atoms with Crippen LogP contribution in [0.25, 0.3) is 0 Å². The third kappa shape index (κ3) is 3.26. The summed E-state index contributed by atoms with van der Waals surface area (Å²) >= 11 is 1.48. The molecule has 0 aromatic carbocycles. The second kappa shape index (κ2) is 6.12. The van der Waals surface area contributed by atoms with Crippen LogP contribution in [0.4, 0.5) is 0 Å². The van der Waals surface area contributed by atoms with Gasteiger partial charge < -0.3 is 10.2 Å². The molecule has 17 heavy (non-hydrogen) atoms. The van der Waals surface area contributed by atoms with Crippen molar-refractivity contribution in [3.63, 3.8) is 0 Å². The molecule has 0 bridgehead atoms. The summed E-state index contributed by atoms with van der Waals surface area (Å²) in [5.41, 5.74) is 2.32. The summed E-state index contributed by atoms with van der Waals surface area (Å²) in [4.78, 5) is 18.1. The number of thiazole rings is 1. The van der Waals surface area contributed by atoms with Gasteiger partial charge in [0.1, 0.15) is 5.69 Å². The minimum Gasteiger partial charge on any atom is -0.337 e. The predicted molar refractivity (Wildman–Crippen MR) is 69.3 cm³/mol. The van der Waals surface area contributed by atoms with E-state index in [4.69, 9.17) is 0 Å². The third-order valence-corrected chi connectivity index (χ3v) is 3.94. The van der Waals surface area contributed by atoms with E-state index in [0.29, 0.717) is 5.69 Å². The highest BCUT2D eigenvalue weighted by molar-refractivity contribution is 7.07. The fraction of sp³-hybridized carbons (Fsp3) is 0.667. The number of carbonyl (C=O) groups is 1. The van der Waals surface area contributed by atoms with E-state index in [1.807, 2.05) is 17.3 Å². The monoisotopic (exact) mass is 253 g/mol. The Morgan fingerprint density at radius 2 is 2.35 bits per heavy atom. The van der Waals surface area contributed by atoms with Crippen LogP contribution in [-0.4, -0.2) is 42.5 Å². The number of nitrogens with zero attached hydrogens (tertiary/aromatic N) is 2. The van der Waals surface area contributed by atoms with Crippen molar-refractivity contribution in [3.8, 4) is 0 Å². The van der Waals surface area contributed by atoms with Gasteiger partial charge in [0.15, 0.2) is 0 Å². The molecular weight excluding hydrogens is 234 g/mol. The lowest BCUT2D eigenvalue weighted by Crippen LogP contribution is -2.39. The van der Waals surface area contributed by atoms with E-state index in [1.54, 1.807) is 5.51 Å². The lowest BCUT2D eigenvalue weighted by Gasteiger charge is -2.31. The van der Waals surface area contributed by atoms with Gasteiger partial charge in [-0.05, 0) is 38.8 Å². The Balaban J connectivity index is 1.81. The standard InChI is InChI=1S/C12H19N3OS/c1-13-5-2-10-3-6-15(7-4-10)12(16)11-8-17-9-14-11/h8-10,13H,2-7H2,1H3. The Kier molecular flexibility index (Phi) is 4.50. The average molecular weight is 253 g/mol. The van der Waals surface area contributed by atoms with Crippen molar-refractivity contribution in [3.05, 3.63) is 16.6 Å². The van der Waals surface area contributed by atoms with Gasteiger partial charge >= 0.3 is 0 Å². The lowest BCUT2D eigenvalue weighted by molar-refractivity contribution is 0.0682. The number of hydrogen-bond acceptors (Lipinski definition) is 4. The summed E-state index contributed by atoms with van der Waals surface area (Å²) in [6, 6.07) is 0. The quantitative estimate of drug-likeness (QED) is 0.886. The molecule has 1 saturated heterocycles. The van der Waals surface area contributed by atoms with E-state index in [0.717, 1.165) is 38.4 Å². The van der Waals surface area contributed by atoms with Crippen LogP contribution in [0, 0.1) is 5.92 Å². The Hall–Kier alpha value is -0.940. The van der Waals surface area contributed by atoms with E-state index < -0.39 is 0 Å². The molecular formula is C12H19N3OS. The van der Waals surface area contributed by atoms with Crippen LogP contribution in [0.15, 0.2) is 10.9 Å². The van der Waals surface area contributed by atoms with E-state index >= 15 is 0 Å². The van der Waals surface area contributed by atoms with Crippen LogP contribution in [0.3, 0.4) is 0 Å². The minimum atomic E-state index is 0.0957. The summed E-state index contributed by atoms with van der Waals surface area (Å²) in [5.74, 6) is 0.861. The summed E-state index contributed by atoms with van der Waals surface area (Å²) in [5, 5.41) is 5.01. The molecule has 4 nitrogen and oxygen atoms in total. The Morgan fingerprint density at radius 1 is 1.59 bits per heavy atom. The molecule has 1 aliphatic heterocycles. The first kappa shape index (κ1) is 12.5. The van der Waals surface area contributed by atoms with Crippen LogP contribution in [0.1, 0.15) is 29.8 Å². The zero-order chi connectivity index (χ0) is 12.1. The number of amides is 1. The number of rotatable bonds is 4. The molecule has 5 heteroatoms. The zero-order valence-electron chi connectivity index (χ0n) is 10.2. The van der Waals surface area contributed by atoms with Gasteiger partial charge in [0.05, 0.1) is 5.51 Å². The van der Waals surface area contributed by atoms with Crippen molar-refractivity contribution in [1.82, 2.24) is 15.2 Å². The fourth-order valence-electron chi connectivity index (χ4n) is 2.25. The Labute approximate surface area is 106 Å². The first-order valence-electron chi connectivity index (χ1n) is 6.13. The summed E-state index contributed by atoms with van der Waals surface area (Å²) < 4.78 is 0. The van der Waals surface area contributed by atoms with Gasteiger partial charge in [0.25, 0.3) is 5.91 Å². The highest BCUT2D eigenvalue weighted by Crippen LogP contribution is 2.21. The summed E-state index contributed by atoms with van der Waals surface area (Å²) in [7, 11) is 1.99. The van der Waals surface area contributed by atoms with Crippen LogP contribution >= 0.6 is 11.3 Å². The van der Waals surface area contributed by atoms with Gasteiger partial charge in [-0.25, -0.2) is 4.98 Å². The predicted octanol–water partition coefficient (Wildman–Crippen LogP) is 1.60. The molecule has 2 heterocycles. The first-order valence-corrected chi connectivity index (χ1v) is 7.07. The number of hydrogen-bond donors (Lipinski definition) is 1. The summed E-state index contributed by atoms with van der Waals surface area (Å²) in [6.07, 6.45) is 3.46. The van der Waals surface area contributed by atoms with Gasteiger partial charge in [-0.15, -0.1) is 11.3 Å². The number of carbonyl (C=O) groups excluding carboxylic acids is 1. The number of nitrogens with one attached hydrogen (secondary N) is 1. The Morgan fingerprint density at radius 3 is 2.94 bits per heavy atom. The zero-order valence-corrected chi connectivity index (χ0v) is 11.0. The van der Waals surface area contributed by atoms with Crippen molar-refractivity contribution < 1.29 is 4.79 Å². The molecule has 0 saturated carbocycles. The maximum atomic E-state index is 12.0. The van der Waals surface area contributed by atoms with E-state index in [9.17, 15) is 4.79 Å². The molecule has 0 aliphatic carbocycles. The molecule has 0 unspecified atom stereocenters. The summed E-state index contributed by atoms with van der Waals surface area (Å²) in [6.45, 7) is 2.83. The molecule has 0 spiro atoms. The van der Waals surface area contributed by atoms with Gasteiger partial charge in [0.2, 0.25) is 0 Å². The van der Waals surface area contributed by atoms with E-state index in [1.165, 1.54) is 17.8 Å². The number of aromatic nitrogens is 1. The maximum Gasteiger partial charge on any atom is 0.273 e. The van der Waals surface area contributed by atoms with Crippen molar-refractivity contribution in [1.29, 1.82) is 0 Å². The molecule has 1 aromatic heterocycles. The van der Waals surface area contributed by atoms with Crippen molar-refractivity contribution in [2.24, 2.45) is 5.92 Å². The lowest BCUT2D eigenvalue weighted by atomic mass is 9.93. The molecule has 1 aliphatic rings. The van der Waals surface area contributed by atoms with Crippen LogP contribution in [0.5, 0.6) is 0 Å². The van der Waals surface area contributed by atoms with Crippen molar-refractivity contribution in [2.45, 2.75) is 19.3 Å². The van der Waals surface area contributed by atoms with Crippen molar-refractivity contribution >= 4 is 17.2 Å². The number of piperidine rings is 1. The SMILES string of the molecule is CNCCC1CCN(C(=O)c2cscn2)CC1. The molecule has 1 N–H and O–H groups in total. The van der Waals surface area contributed by atoms with Gasteiger partial charge in [-0.2, -0.15) is 0 Å². The third-order valence-electron chi connectivity index (χ3n) is 3.36. The highest BCUT2D eigenvalue weighted by Gasteiger charge is 2.23.